The molecule has 2 heterocycles. The maximum atomic E-state index is 2.66. The first-order valence-electron chi connectivity index (χ1n) is 11.1. The van der Waals surface area contributed by atoms with Gasteiger partial charge in [0.1, 0.15) is 0 Å². The van der Waals surface area contributed by atoms with Gasteiger partial charge in [-0.05, 0) is 46.1 Å². The molecule has 29 heavy (non-hydrogen) atoms. The number of anilines is 1. The Kier molecular flexibility index (Phi) is 4.50. The molecule has 0 amide bonds. The molecule has 3 aromatic rings. The van der Waals surface area contributed by atoms with E-state index in [0.29, 0.717) is 11.8 Å². The summed E-state index contributed by atoms with van der Waals surface area (Å²) in [4.78, 5) is 2.66. The van der Waals surface area contributed by atoms with Crippen molar-refractivity contribution < 1.29 is 0 Å². The molecule has 0 spiro atoms. The summed E-state index contributed by atoms with van der Waals surface area (Å²) in [7, 11) is 0. The Morgan fingerprint density at radius 3 is 1.55 bits per heavy atom. The Hall–Kier alpha value is -2.54. The number of nitrogens with zero attached hydrogens (tertiary/aromatic N) is 1. The van der Waals surface area contributed by atoms with Gasteiger partial charge in [0.2, 0.25) is 0 Å². The summed E-state index contributed by atoms with van der Waals surface area (Å²) in [5.74, 6) is 0.996. The quantitative estimate of drug-likeness (QED) is 0.468. The van der Waals surface area contributed by atoms with Crippen LogP contribution in [0.5, 0.6) is 0 Å². The zero-order valence-electron chi connectivity index (χ0n) is 17.9. The van der Waals surface area contributed by atoms with Crippen molar-refractivity contribution in [1.29, 1.82) is 0 Å². The van der Waals surface area contributed by atoms with Crippen LogP contribution in [0.4, 0.5) is 5.69 Å². The van der Waals surface area contributed by atoms with E-state index in [4.69, 9.17) is 0 Å². The molecule has 2 aliphatic rings. The van der Waals surface area contributed by atoms with Gasteiger partial charge < -0.3 is 4.90 Å². The fourth-order valence-corrected chi connectivity index (χ4v) is 5.29. The zero-order valence-corrected chi connectivity index (χ0v) is 17.9. The van der Waals surface area contributed by atoms with Gasteiger partial charge in [-0.15, -0.1) is 0 Å². The molecule has 5 rings (SSSR count). The van der Waals surface area contributed by atoms with E-state index in [9.17, 15) is 0 Å². The molecule has 2 atom stereocenters. The fraction of sp³-hybridized carbons (Fsp3) is 0.357. The molecule has 0 aliphatic carbocycles. The summed E-state index contributed by atoms with van der Waals surface area (Å²) in [6, 6.07) is 27.3. The Morgan fingerprint density at radius 1 is 0.690 bits per heavy atom. The van der Waals surface area contributed by atoms with Crippen molar-refractivity contribution >= 4 is 5.69 Å². The molecule has 0 fully saturated rings. The molecule has 2 unspecified atom stereocenters. The highest BCUT2D eigenvalue weighted by atomic mass is 15.1. The van der Waals surface area contributed by atoms with Gasteiger partial charge in [-0.25, -0.2) is 0 Å². The molecule has 0 N–H and O–H groups in total. The van der Waals surface area contributed by atoms with Gasteiger partial charge in [0.15, 0.2) is 0 Å². The highest BCUT2D eigenvalue weighted by Gasteiger charge is 2.35. The van der Waals surface area contributed by atoms with Crippen LogP contribution >= 0.6 is 0 Å². The van der Waals surface area contributed by atoms with Gasteiger partial charge in [-0.1, -0.05) is 93.6 Å². The van der Waals surface area contributed by atoms with E-state index >= 15 is 0 Å². The van der Waals surface area contributed by atoms with Crippen LogP contribution in [0.2, 0.25) is 0 Å². The zero-order chi connectivity index (χ0) is 20.0. The fourth-order valence-electron chi connectivity index (χ4n) is 5.29. The molecule has 0 saturated heterocycles. The molecule has 3 aromatic carbocycles. The topological polar surface area (TPSA) is 3.24 Å². The van der Waals surface area contributed by atoms with Crippen LogP contribution in [0.1, 0.15) is 73.3 Å². The third kappa shape index (κ3) is 3.27. The van der Waals surface area contributed by atoms with Crippen LogP contribution in [0, 0.1) is 0 Å². The lowest BCUT2D eigenvalue weighted by atomic mass is 9.73. The van der Waals surface area contributed by atoms with Crippen molar-refractivity contribution in [2.75, 3.05) is 18.0 Å². The largest absolute Gasteiger partial charge is 0.371 e. The molecule has 0 radical (unpaired) electrons. The first-order valence-corrected chi connectivity index (χ1v) is 11.1. The molecular weight excluding hydrogens is 350 g/mol. The van der Waals surface area contributed by atoms with E-state index in [1.165, 1.54) is 35.2 Å². The van der Waals surface area contributed by atoms with E-state index in [2.05, 4.69) is 98.5 Å². The van der Waals surface area contributed by atoms with Crippen LogP contribution in [-0.2, 0) is 5.41 Å². The van der Waals surface area contributed by atoms with Gasteiger partial charge in [0.05, 0.1) is 0 Å². The van der Waals surface area contributed by atoms with Gasteiger partial charge >= 0.3 is 0 Å². The highest BCUT2D eigenvalue weighted by molar-refractivity contribution is 5.69. The summed E-state index contributed by atoms with van der Waals surface area (Å²) in [6.45, 7) is 9.37. The molecule has 1 nitrogen and oxygen atoms in total. The molecule has 2 aliphatic heterocycles. The van der Waals surface area contributed by atoms with E-state index in [-0.39, 0.29) is 5.41 Å². The summed E-state index contributed by atoms with van der Waals surface area (Å²) in [5.41, 5.74) is 9.16. The van der Waals surface area contributed by atoms with Crippen molar-refractivity contribution in [3.8, 4) is 0 Å². The number of hydrogen-bond acceptors (Lipinski definition) is 1. The first kappa shape index (κ1) is 18.5. The minimum absolute atomic E-state index is 0.147. The summed E-state index contributed by atoms with van der Waals surface area (Å²) in [6.07, 6.45) is 2.42. The molecule has 1 heteroatoms. The average molecular weight is 382 g/mol. The Morgan fingerprint density at radius 2 is 1.14 bits per heavy atom. The predicted molar refractivity (Wildman–Crippen MR) is 123 cm³/mol. The van der Waals surface area contributed by atoms with Crippen molar-refractivity contribution in [3.05, 3.63) is 101 Å². The van der Waals surface area contributed by atoms with Crippen LogP contribution in [0.25, 0.3) is 0 Å². The van der Waals surface area contributed by atoms with E-state index in [1.807, 2.05) is 0 Å². The maximum absolute atomic E-state index is 2.66. The van der Waals surface area contributed by atoms with Crippen molar-refractivity contribution in [3.63, 3.8) is 0 Å². The van der Waals surface area contributed by atoms with Gasteiger partial charge in [0, 0.05) is 30.6 Å². The van der Waals surface area contributed by atoms with E-state index in [0.717, 1.165) is 13.1 Å². The van der Waals surface area contributed by atoms with E-state index < -0.39 is 0 Å². The second kappa shape index (κ2) is 7.06. The smallest absolute Gasteiger partial charge is 0.0444 e. The lowest BCUT2D eigenvalue weighted by Crippen LogP contribution is -2.38. The normalized spacial score (nSPS) is 21.0. The van der Waals surface area contributed by atoms with Crippen LogP contribution in [0.3, 0.4) is 0 Å². The van der Waals surface area contributed by atoms with E-state index in [1.54, 1.807) is 11.1 Å². The highest BCUT2D eigenvalue weighted by Crippen LogP contribution is 2.49. The lowest BCUT2D eigenvalue weighted by Gasteiger charge is -2.44. The third-order valence-corrected chi connectivity index (χ3v) is 6.88. The Labute approximate surface area is 175 Å². The summed E-state index contributed by atoms with van der Waals surface area (Å²) >= 11 is 0. The number of hydrogen-bond donors (Lipinski definition) is 0. The second-order valence-corrected chi connectivity index (χ2v) is 9.74. The summed E-state index contributed by atoms with van der Waals surface area (Å²) < 4.78 is 0. The average Bonchev–Trinajstić information content (AvgIpc) is 2.74. The molecule has 0 bridgehead atoms. The molecule has 0 aromatic heterocycles. The monoisotopic (exact) mass is 381 g/mol. The third-order valence-electron chi connectivity index (χ3n) is 6.88. The van der Waals surface area contributed by atoms with Gasteiger partial charge in [-0.3, -0.25) is 0 Å². The Bertz CT molecular complexity index is 925. The minimum atomic E-state index is 0.147. The maximum Gasteiger partial charge on any atom is 0.0444 e. The molecule has 0 saturated carbocycles. The molecule has 148 valence electrons. The van der Waals surface area contributed by atoms with Gasteiger partial charge in [-0.2, -0.15) is 0 Å². The van der Waals surface area contributed by atoms with Crippen LogP contribution < -0.4 is 4.90 Å². The first-order chi connectivity index (χ1) is 14.0. The predicted octanol–water partition coefficient (Wildman–Crippen LogP) is 6.86. The van der Waals surface area contributed by atoms with Crippen molar-refractivity contribution in [1.82, 2.24) is 0 Å². The number of rotatable bonds is 2. The number of benzene rings is 3. The van der Waals surface area contributed by atoms with Crippen molar-refractivity contribution in [2.24, 2.45) is 0 Å². The standard InChI is InChI=1S/C28H31N/c1-28(2,3)22-18-25-23(20-10-6-4-7-11-20)14-16-29-17-15-24(26(19-22)27(25)29)21-12-8-5-9-13-21/h4-13,18-19,23-24H,14-17H2,1-3H3. The minimum Gasteiger partial charge on any atom is -0.371 e. The molecular formula is C28H31N. The lowest BCUT2D eigenvalue weighted by molar-refractivity contribution is 0.554. The van der Waals surface area contributed by atoms with Crippen molar-refractivity contribution in [2.45, 2.75) is 50.9 Å². The SMILES string of the molecule is CC(C)(C)c1cc2c3c(c1)C(c1ccccc1)CCN3CCC2c1ccccc1. The Balaban J connectivity index is 1.73. The second-order valence-electron chi connectivity index (χ2n) is 9.74. The van der Waals surface area contributed by atoms with Gasteiger partial charge in [0.25, 0.3) is 0 Å². The van der Waals surface area contributed by atoms with Crippen LogP contribution in [-0.4, -0.2) is 13.1 Å². The van der Waals surface area contributed by atoms with Crippen LogP contribution in [0.15, 0.2) is 72.8 Å². The summed E-state index contributed by atoms with van der Waals surface area (Å²) in [5, 5.41) is 0.